The Bertz CT molecular complexity index is 99.0. The van der Waals surface area contributed by atoms with Crippen LogP contribution in [0.25, 0.3) is 0 Å². The van der Waals surface area contributed by atoms with Crippen LogP contribution in [0.2, 0.25) is 0 Å². The van der Waals surface area contributed by atoms with Crippen LogP contribution in [0.3, 0.4) is 0 Å². The zero-order valence-corrected chi connectivity index (χ0v) is 8.59. The van der Waals surface area contributed by atoms with E-state index in [2.05, 4.69) is 0 Å². The first-order chi connectivity index (χ1) is 2.00. The van der Waals surface area contributed by atoms with Crippen LogP contribution in [0.5, 0.6) is 0 Å². The van der Waals surface area contributed by atoms with E-state index >= 15 is 0 Å². The molecule has 0 aliphatic heterocycles. The molecule has 4 nitrogen and oxygen atoms in total. The molecule has 0 aromatic carbocycles. The molecule has 9 heteroatoms. The first kappa shape index (κ1) is 30.5. The van der Waals surface area contributed by atoms with E-state index in [0.717, 1.165) is 0 Å². The summed E-state index contributed by atoms with van der Waals surface area (Å²) in [6, 6.07) is 0. The van der Waals surface area contributed by atoms with E-state index < -0.39 is 10.4 Å². The van der Waals surface area contributed by atoms with Crippen LogP contribution < -0.4 is 4.70 Å². The zero-order chi connectivity index (χ0) is 4.50. The smallest absolute Gasteiger partial charge is 1.00 e. The van der Waals surface area contributed by atoms with E-state index in [1.54, 1.807) is 0 Å². The van der Waals surface area contributed by atoms with Gasteiger partial charge in [0.25, 0.3) is 0 Å². The molecule has 0 saturated carbocycles. The Morgan fingerprint density at radius 3 is 0.889 bits per heavy atom. The second kappa shape index (κ2) is 12.7. The van der Waals surface area contributed by atoms with Gasteiger partial charge in [0.2, 0.25) is 0 Å². The minimum atomic E-state index is -5.17. The van der Waals surface area contributed by atoms with Crippen molar-refractivity contribution in [1.82, 2.24) is 0 Å². The maximum Gasteiger partial charge on any atom is 1.00 e. The molecule has 0 heterocycles. The largest absolute Gasteiger partial charge is 1.00 e. The fourth-order valence-electron chi connectivity index (χ4n) is 0. The summed E-state index contributed by atoms with van der Waals surface area (Å²) < 4.78 is 34.1. The molecule has 0 aliphatic rings. The Morgan fingerprint density at radius 1 is 0.889 bits per heavy atom. The summed E-state index contributed by atoms with van der Waals surface area (Å²) in [5.74, 6) is 0. The minimum Gasteiger partial charge on any atom is -1.00 e. The van der Waals surface area contributed by atoms with Crippen LogP contribution in [0, 0.1) is 0 Å². The second-order valence-electron chi connectivity index (χ2n) is 0.408. The normalized spacial score (nSPS) is 6.44. The summed E-state index contributed by atoms with van der Waals surface area (Å²) in [6.07, 6.45) is 0. The summed E-state index contributed by atoms with van der Waals surface area (Å²) in [7, 11) is -5.17. The van der Waals surface area contributed by atoms with Crippen molar-refractivity contribution < 1.29 is 89.4 Å². The van der Waals surface area contributed by atoms with Crippen LogP contribution in [0.4, 0.5) is 0 Å². The number of halogens is 1. The average molecular weight is 439 g/mol. The molecule has 0 aliphatic carbocycles. The molecule has 0 atom stereocenters. The molecule has 0 unspecified atom stereocenters. The summed E-state index contributed by atoms with van der Waals surface area (Å²) in [4.78, 5) is 0. The predicted octanol–water partition coefficient (Wildman–Crippen LogP) is -4.34. The summed E-state index contributed by atoms with van der Waals surface area (Å²) >= 11 is 0. The number of hydrogen-bond acceptors (Lipinski definition) is 4. The Balaban J connectivity index is -0.0000000133. The van der Waals surface area contributed by atoms with Gasteiger partial charge in [-0.2, -0.15) is 0 Å². The Morgan fingerprint density at radius 2 is 0.889 bits per heavy atom. The van der Waals surface area contributed by atoms with Gasteiger partial charge in [-0.1, -0.05) is 0 Å². The summed E-state index contributed by atoms with van der Waals surface area (Å²) in [6.45, 7) is 0. The van der Waals surface area contributed by atoms with Gasteiger partial charge >= 0.3 is 67.1 Å². The second-order valence-corrected chi connectivity index (χ2v) is 1.22. The monoisotopic (exact) mass is 436 g/mol. The predicted molar refractivity (Wildman–Crippen MR) is 10.5 cm³/mol. The fraction of sp³-hybridized carbons (Fsp3) is 0. The maximum absolute atomic E-state index is 8.52. The Kier molecular flexibility index (Phi) is 43.0. The van der Waals surface area contributed by atoms with E-state index in [1.165, 1.54) is 0 Å². The molecule has 0 aromatic rings. The summed E-state index contributed by atoms with van der Waals surface area (Å²) in [5, 5.41) is 0. The minimum absolute atomic E-state index is 0. The molecule has 0 aromatic heterocycles. The molecule has 9 heavy (non-hydrogen) atoms. The SMILES string of the molecule is O=S(=O)([O-])[O-].[Ag+].[Ag+].[Ag+].[F-]. The third-order valence-electron chi connectivity index (χ3n) is 0. The maximum atomic E-state index is 8.52. The van der Waals surface area contributed by atoms with Crippen molar-refractivity contribution in [3.8, 4) is 0 Å². The van der Waals surface area contributed by atoms with Crippen molar-refractivity contribution in [2.75, 3.05) is 0 Å². The van der Waals surface area contributed by atoms with Gasteiger partial charge in [-0.3, -0.25) is 8.42 Å². The van der Waals surface area contributed by atoms with Gasteiger partial charge in [0, 0.05) is 10.4 Å². The van der Waals surface area contributed by atoms with E-state index in [9.17, 15) is 0 Å². The molecule has 0 saturated heterocycles. The van der Waals surface area contributed by atoms with Crippen LogP contribution in [-0.2, 0) is 77.5 Å². The van der Waals surface area contributed by atoms with E-state index in [1.807, 2.05) is 0 Å². The van der Waals surface area contributed by atoms with Crippen molar-refractivity contribution in [1.29, 1.82) is 0 Å². The number of rotatable bonds is 0. The molecule has 70 valence electrons. The van der Waals surface area contributed by atoms with Crippen molar-refractivity contribution >= 4 is 10.4 Å². The third-order valence-corrected chi connectivity index (χ3v) is 0. The topological polar surface area (TPSA) is 80.3 Å². The van der Waals surface area contributed by atoms with Crippen molar-refractivity contribution in [3.05, 3.63) is 0 Å². The molecule has 0 radical (unpaired) electrons. The van der Waals surface area contributed by atoms with Gasteiger partial charge in [-0.15, -0.1) is 0 Å². The van der Waals surface area contributed by atoms with Crippen molar-refractivity contribution in [2.24, 2.45) is 0 Å². The van der Waals surface area contributed by atoms with Crippen LogP contribution in [-0.4, -0.2) is 17.5 Å². The fourth-order valence-corrected chi connectivity index (χ4v) is 0. The molecule has 0 amide bonds. The molecule has 0 rings (SSSR count). The van der Waals surface area contributed by atoms with E-state index in [-0.39, 0.29) is 71.8 Å². The van der Waals surface area contributed by atoms with Gasteiger partial charge in [-0.05, 0) is 0 Å². The quantitative estimate of drug-likeness (QED) is 0.218. The first-order valence-corrected chi connectivity index (χ1v) is 2.00. The molecule has 0 N–H and O–H groups in total. The zero-order valence-electron chi connectivity index (χ0n) is 3.32. The standard InChI is InChI=1S/3Ag.FH.H2O4S/c;;;;1-5(2,3)4/h;;;1H;(H2,1,2,3,4)/q3*+1;;/p-3. The summed E-state index contributed by atoms with van der Waals surface area (Å²) in [5.41, 5.74) is 0. The van der Waals surface area contributed by atoms with Gasteiger partial charge < -0.3 is 13.8 Å². The van der Waals surface area contributed by atoms with Gasteiger partial charge in [0.05, 0.1) is 0 Å². The van der Waals surface area contributed by atoms with Crippen molar-refractivity contribution in [2.45, 2.75) is 0 Å². The first-order valence-electron chi connectivity index (χ1n) is 0.667. The van der Waals surface area contributed by atoms with Crippen LogP contribution in [0.1, 0.15) is 0 Å². The molecular formula is Ag3FO4S. The van der Waals surface area contributed by atoms with Crippen LogP contribution >= 0.6 is 0 Å². The van der Waals surface area contributed by atoms with E-state index in [4.69, 9.17) is 17.5 Å². The Labute approximate surface area is 98.6 Å². The molecular weight excluding hydrogens is 439 g/mol. The Hall–Kier alpha value is 2.02. The van der Waals surface area contributed by atoms with Gasteiger partial charge in [0.1, 0.15) is 0 Å². The van der Waals surface area contributed by atoms with Gasteiger partial charge in [0.15, 0.2) is 0 Å². The molecule has 0 bridgehead atoms. The van der Waals surface area contributed by atoms with Gasteiger partial charge in [-0.25, -0.2) is 0 Å². The van der Waals surface area contributed by atoms with Crippen molar-refractivity contribution in [3.63, 3.8) is 0 Å². The number of hydrogen-bond donors (Lipinski definition) is 0. The van der Waals surface area contributed by atoms with E-state index in [0.29, 0.717) is 0 Å². The van der Waals surface area contributed by atoms with Crippen LogP contribution in [0.15, 0.2) is 0 Å². The average Bonchev–Trinajstić information content (AvgIpc) is 0.722. The third kappa shape index (κ3) is 158. The molecule has 0 fully saturated rings. The molecule has 0 spiro atoms.